The first-order chi connectivity index (χ1) is 10.8. The minimum Gasteiger partial charge on any atom is -0.443 e. The van der Waals surface area contributed by atoms with Crippen molar-refractivity contribution >= 4 is 18.0 Å². The molecule has 1 aliphatic heterocycles. The van der Waals surface area contributed by atoms with Gasteiger partial charge in [-0.05, 0) is 26.3 Å². The van der Waals surface area contributed by atoms with Crippen LogP contribution in [-0.2, 0) is 16.1 Å². The monoisotopic (exact) mass is 319 g/mol. The van der Waals surface area contributed by atoms with Crippen molar-refractivity contribution in [1.29, 1.82) is 0 Å². The van der Waals surface area contributed by atoms with Crippen molar-refractivity contribution in [2.45, 2.75) is 39.3 Å². The number of ether oxygens (including phenoxy) is 1. The smallest absolute Gasteiger partial charge is 0.427 e. The molecule has 1 aromatic carbocycles. The first kappa shape index (κ1) is 16.8. The summed E-state index contributed by atoms with van der Waals surface area (Å²) in [5.74, 6) is -0.454. The fourth-order valence-electron chi connectivity index (χ4n) is 2.14. The summed E-state index contributed by atoms with van der Waals surface area (Å²) in [5.41, 5.74) is 2.46. The summed E-state index contributed by atoms with van der Waals surface area (Å²) in [6.45, 7) is 5.80. The third kappa shape index (κ3) is 4.70. The van der Waals surface area contributed by atoms with Crippen LogP contribution in [0.1, 0.15) is 32.8 Å². The fourth-order valence-corrected chi connectivity index (χ4v) is 2.14. The number of nitrogens with zero attached hydrogens (tertiary/aromatic N) is 2. The van der Waals surface area contributed by atoms with E-state index in [9.17, 15) is 14.4 Å². The standard InChI is InChI=1S/C16H21N3O4/c1-16(2,3)23-14(21)17-19-13(20)9-10-18(15(19)22)11-12-7-5-4-6-8-12/h4-8H,9-11H2,1-3H3,(H,17,21). The zero-order valence-corrected chi connectivity index (χ0v) is 13.5. The minimum absolute atomic E-state index is 0.147. The van der Waals surface area contributed by atoms with Crippen molar-refractivity contribution < 1.29 is 19.1 Å². The zero-order valence-electron chi connectivity index (χ0n) is 13.5. The Morgan fingerprint density at radius 1 is 1.22 bits per heavy atom. The molecule has 0 spiro atoms. The molecule has 0 aromatic heterocycles. The highest BCUT2D eigenvalue weighted by atomic mass is 16.6. The zero-order chi connectivity index (χ0) is 17.0. The van der Waals surface area contributed by atoms with Gasteiger partial charge in [0.1, 0.15) is 5.60 Å². The van der Waals surface area contributed by atoms with Crippen LogP contribution in [-0.4, -0.2) is 40.1 Å². The maximum atomic E-state index is 12.4. The second-order valence-corrected chi connectivity index (χ2v) is 6.28. The van der Waals surface area contributed by atoms with E-state index < -0.39 is 23.6 Å². The highest BCUT2D eigenvalue weighted by Crippen LogP contribution is 2.14. The first-order valence-corrected chi connectivity index (χ1v) is 7.42. The molecule has 0 aliphatic carbocycles. The molecule has 1 saturated heterocycles. The van der Waals surface area contributed by atoms with Crippen LogP contribution in [0.5, 0.6) is 0 Å². The second-order valence-electron chi connectivity index (χ2n) is 6.28. The van der Waals surface area contributed by atoms with Crippen LogP contribution in [0.2, 0.25) is 0 Å². The van der Waals surface area contributed by atoms with E-state index in [1.165, 1.54) is 4.90 Å². The number of carbonyl (C=O) groups excluding carboxylic acids is 3. The molecule has 0 bridgehead atoms. The summed E-state index contributed by atoms with van der Waals surface area (Å²) in [6.07, 6.45) is -0.685. The predicted molar refractivity (Wildman–Crippen MR) is 83.1 cm³/mol. The van der Waals surface area contributed by atoms with Gasteiger partial charge in [0.05, 0.1) is 0 Å². The number of imide groups is 1. The maximum Gasteiger partial charge on any atom is 0.427 e. The van der Waals surface area contributed by atoms with Gasteiger partial charge in [-0.1, -0.05) is 30.3 Å². The van der Waals surface area contributed by atoms with Gasteiger partial charge in [0, 0.05) is 19.5 Å². The number of carbonyl (C=O) groups is 3. The molecule has 0 unspecified atom stereocenters. The number of benzene rings is 1. The van der Waals surface area contributed by atoms with E-state index in [-0.39, 0.29) is 6.42 Å². The highest BCUT2D eigenvalue weighted by molar-refractivity contribution is 5.97. The number of hydrogen-bond acceptors (Lipinski definition) is 4. The van der Waals surface area contributed by atoms with E-state index in [1.54, 1.807) is 20.8 Å². The largest absolute Gasteiger partial charge is 0.443 e. The normalized spacial score (nSPS) is 15.6. The third-order valence-electron chi connectivity index (χ3n) is 3.13. The van der Waals surface area contributed by atoms with Gasteiger partial charge < -0.3 is 9.64 Å². The van der Waals surface area contributed by atoms with Crippen LogP contribution in [0.4, 0.5) is 9.59 Å². The van der Waals surface area contributed by atoms with Gasteiger partial charge in [-0.15, -0.1) is 0 Å². The Bertz CT molecular complexity index is 595. The van der Waals surface area contributed by atoms with E-state index in [1.807, 2.05) is 30.3 Å². The SMILES string of the molecule is CC(C)(C)OC(=O)NN1C(=O)CCN(Cc2ccccc2)C1=O. The Hall–Kier alpha value is -2.57. The van der Waals surface area contributed by atoms with Gasteiger partial charge in [0.2, 0.25) is 0 Å². The topological polar surface area (TPSA) is 79.0 Å². The van der Waals surface area contributed by atoms with Crippen LogP contribution in [0.3, 0.4) is 0 Å². The lowest BCUT2D eigenvalue weighted by atomic mass is 10.2. The van der Waals surface area contributed by atoms with Gasteiger partial charge in [-0.3, -0.25) is 4.79 Å². The lowest BCUT2D eigenvalue weighted by Gasteiger charge is -2.34. The van der Waals surface area contributed by atoms with E-state index in [4.69, 9.17) is 4.74 Å². The summed E-state index contributed by atoms with van der Waals surface area (Å²) >= 11 is 0. The van der Waals surface area contributed by atoms with E-state index in [2.05, 4.69) is 5.43 Å². The average Bonchev–Trinajstić information content (AvgIpc) is 2.46. The van der Waals surface area contributed by atoms with Gasteiger partial charge in [0.15, 0.2) is 0 Å². The summed E-state index contributed by atoms with van der Waals surface area (Å²) in [6, 6.07) is 8.89. The molecule has 2 rings (SSSR count). The van der Waals surface area contributed by atoms with E-state index in [0.717, 1.165) is 10.6 Å². The number of hydrazine groups is 1. The molecule has 0 saturated carbocycles. The summed E-state index contributed by atoms with van der Waals surface area (Å²) in [7, 11) is 0. The van der Waals surface area contributed by atoms with Gasteiger partial charge >= 0.3 is 12.1 Å². The first-order valence-electron chi connectivity index (χ1n) is 7.42. The van der Waals surface area contributed by atoms with Gasteiger partial charge in [-0.25, -0.2) is 15.0 Å². The van der Waals surface area contributed by atoms with Crippen molar-refractivity contribution in [3.8, 4) is 0 Å². The molecule has 124 valence electrons. The molecule has 4 amide bonds. The number of hydrogen-bond donors (Lipinski definition) is 1. The molecule has 1 aliphatic rings. The average molecular weight is 319 g/mol. The minimum atomic E-state index is -0.833. The number of urea groups is 1. The van der Waals surface area contributed by atoms with Crippen LogP contribution in [0.25, 0.3) is 0 Å². The summed E-state index contributed by atoms with van der Waals surface area (Å²) in [4.78, 5) is 37.6. The molecule has 1 heterocycles. The molecule has 1 N–H and O–H groups in total. The molecule has 0 radical (unpaired) electrons. The summed E-state index contributed by atoms with van der Waals surface area (Å²) in [5, 5.41) is 0.723. The molecular formula is C16H21N3O4. The molecule has 23 heavy (non-hydrogen) atoms. The van der Waals surface area contributed by atoms with Crippen LogP contribution < -0.4 is 5.43 Å². The number of amides is 4. The lowest BCUT2D eigenvalue weighted by molar-refractivity contribution is -0.133. The van der Waals surface area contributed by atoms with Crippen LogP contribution >= 0.6 is 0 Å². The number of nitrogens with one attached hydrogen (secondary N) is 1. The van der Waals surface area contributed by atoms with Gasteiger partial charge in [-0.2, -0.15) is 5.01 Å². The molecule has 7 nitrogen and oxygen atoms in total. The Balaban J connectivity index is 2.03. The Labute approximate surface area is 135 Å². The Morgan fingerprint density at radius 3 is 2.48 bits per heavy atom. The lowest BCUT2D eigenvalue weighted by Crippen LogP contribution is -2.59. The van der Waals surface area contributed by atoms with Crippen molar-refractivity contribution in [3.05, 3.63) is 35.9 Å². The Morgan fingerprint density at radius 2 is 1.87 bits per heavy atom. The molecular weight excluding hydrogens is 298 g/mol. The van der Waals surface area contributed by atoms with Crippen LogP contribution in [0.15, 0.2) is 30.3 Å². The van der Waals surface area contributed by atoms with Crippen molar-refractivity contribution in [1.82, 2.24) is 15.3 Å². The van der Waals surface area contributed by atoms with E-state index in [0.29, 0.717) is 13.1 Å². The molecule has 0 atom stereocenters. The van der Waals surface area contributed by atoms with Gasteiger partial charge in [0.25, 0.3) is 5.91 Å². The Kier molecular flexibility index (Phi) is 4.88. The van der Waals surface area contributed by atoms with E-state index >= 15 is 0 Å². The van der Waals surface area contributed by atoms with Crippen LogP contribution in [0, 0.1) is 0 Å². The summed E-state index contributed by atoms with van der Waals surface area (Å²) < 4.78 is 5.08. The fraction of sp³-hybridized carbons (Fsp3) is 0.438. The molecule has 1 fully saturated rings. The molecule has 1 aromatic rings. The van der Waals surface area contributed by atoms with Crippen molar-refractivity contribution in [3.63, 3.8) is 0 Å². The maximum absolute atomic E-state index is 12.4. The quantitative estimate of drug-likeness (QED) is 0.927. The second kappa shape index (κ2) is 6.68. The third-order valence-corrected chi connectivity index (χ3v) is 3.13. The predicted octanol–water partition coefficient (Wildman–Crippen LogP) is 2.28. The molecule has 7 heteroatoms. The number of rotatable bonds is 3. The van der Waals surface area contributed by atoms with Crippen molar-refractivity contribution in [2.24, 2.45) is 0 Å². The highest BCUT2D eigenvalue weighted by Gasteiger charge is 2.34. The van der Waals surface area contributed by atoms with Crippen molar-refractivity contribution in [2.75, 3.05) is 6.54 Å².